The van der Waals surface area contributed by atoms with Crippen molar-refractivity contribution in [2.75, 3.05) is 4.90 Å². The number of anilines is 1. The number of hydrogen-bond acceptors (Lipinski definition) is 5. The normalized spacial score (nSPS) is 14.2. The lowest BCUT2D eigenvalue weighted by atomic mass is 9.99. The van der Waals surface area contributed by atoms with Gasteiger partial charge in [-0.05, 0) is 58.8 Å². The number of urea groups is 1. The molecule has 1 aliphatic rings. The fourth-order valence-corrected chi connectivity index (χ4v) is 5.19. The molecular weight excluding hydrogens is 608 g/mol. The highest BCUT2D eigenvalue weighted by Gasteiger charge is 2.37. The third-order valence-electron chi connectivity index (χ3n) is 7.01. The summed E-state index contributed by atoms with van der Waals surface area (Å²) in [4.78, 5) is 40.6. The van der Waals surface area contributed by atoms with Gasteiger partial charge in [-0.2, -0.15) is 0 Å². The third-order valence-corrected chi connectivity index (χ3v) is 7.78. The number of benzene rings is 5. The van der Waals surface area contributed by atoms with Crippen LogP contribution in [0.3, 0.4) is 0 Å². The lowest BCUT2D eigenvalue weighted by Gasteiger charge is -2.26. The highest BCUT2D eigenvalue weighted by molar-refractivity contribution is 9.10. The van der Waals surface area contributed by atoms with Gasteiger partial charge in [0.15, 0.2) is 0 Å². The van der Waals surface area contributed by atoms with Crippen molar-refractivity contribution in [1.82, 2.24) is 5.32 Å². The molecule has 1 heterocycles. The summed E-state index contributed by atoms with van der Waals surface area (Å²) in [7, 11) is 0. The predicted molar refractivity (Wildman–Crippen MR) is 169 cm³/mol. The van der Waals surface area contributed by atoms with Gasteiger partial charge < -0.3 is 9.47 Å². The molecule has 0 spiro atoms. The van der Waals surface area contributed by atoms with Crippen LogP contribution in [0.5, 0.6) is 11.5 Å². The van der Waals surface area contributed by atoms with Crippen LogP contribution in [-0.2, 0) is 22.8 Å². The summed E-state index contributed by atoms with van der Waals surface area (Å²) in [5, 5.41) is 4.01. The smallest absolute Gasteiger partial charge is 0.335 e. The number of amides is 4. The number of hydrogen-bond donors (Lipinski definition) is 1. The summed E-state index contributed by atoms with van der Waals surface area (Å²) in [5.74, 6) is -0.451. The molecule has 5 aromatic carbocycles. The number of imide groups is 2. The molecule has 4 amide bonds. The molecule has 1 fully saturated rings. The Morgan fingerprint density at radius 3 is 2.23 bits per heavy atom. The maximum Gasteiger partial charge on any atom is 0.335 e. The van der Waals surface area contributed by atoms with E-state index in [2.05, 4.69) is 21.2 Å². The quantitative estimate of drug-likeness (QED) is 0.142. The van der Waals surface area contributed by atoms with Gasteiger partial charge in [0, 0.05) is 15.6 Å². The molecule has 5 aromatic rings. The molecule has 1 N–H and O–H groups in total. The van der Waals surface area contributed by atoms with Crippen molar-refractivity contribution in [3.8, 4) is 11.5 Å². The SMILES string of the molecule is O=C1NC(=O)N(c2ccc(OCc3ccccc3)cc2)C(=O)/C1=C/c1c(OCc2ccccc2Br)ccc2ccccc12. The topological polar surface area (TPSA) is 84.9 Å². The second-order valence-electron chi connectivity index (χ2n) is 9.80. The van der Waals surface area contributed by atoms with E-state index in [1.807, 2.05) is 91.0 Å². The summed E-state index contributed by atoms with van der Waals surface area (Å²) in [5.41, 5.74) is 2.62. The first kappa shape index (κ1) is 27.9. The van der Waals surface area contributed by atoms with Crippen LogP contribution in [0.2, 0.25) is 0 Å². The molecule has 212 valence electrons. The van der Waals surface area contributed by atoms with E-state index in [4.69, 9.17) is 9.47 Å². The Kier molecular flexibility index (Phi) is 8.02. The van der Waals surface area contributed by atoms with E-state index < -0.39 is 17.8 Å². The standard InChI is InChI=1S/C35H25BrN2O5/c36-31-13-7-5-11-25(31)22-43-32-19-14-24-10-4-6-12-28(24)29(32)20-30-33(39)37-35(41)38(34(30)40)26-15-17-27(18-16-26)42-21-23-8-2-1-3-9-23/h1-20H,21-22H2,(H,37,39,41)/b30-20+. The van der Waals surface area contributed by atoms with Crippen LogP contribution in [0.25, 0.3) is 16.8 Å². The number of carbonyl (C=O) groups excluding carboxylic acids is 3. The van der Waals surface area contributed by atoms with Crippen LogP contribution >= 0.6 is 15.9 Å². The molecule has 0 saturated carbocycles. The first-order valence-electron chi connectivity index (χ1n) is 13.5. The monoisotopic (exact) mass is 632 g/mol. The van der Waals surface area contributed by atoms with E-state index in [0.29, 0.717) is 29.4 Å². The Morgan fingerprint density at radius 2 is 1.44 bits per heavy atom. The molecule has 7 nitrogen and oxygen atoms in total. The Balaban J connectivity index is 1.31. The molecule has 0 aliphatic carbocycles. The molecule has 0 aromatic heterocycles. The summed E-state index contributed by atoms with van der Waals surface area (Å²) < 4.78 is 13.0. The van der Waals surface area contributed by atoms with Crippen molar-refractivity contribution >= 4 is 56.3 Å². The fourth-order valence-electron chi connectivity index (χ4n) is 4.79. The van der Waals surface area contributed by atoms with Gasteiger partial charge in [-0.3, -0.25) is 14.9 Å². The van der Waals surface area contributed by atoms with E-state index in [0.717, 1.165) is 31.3 Å². The molecule has 6 rings (SSSR count). The van der Waals surface area contributed by atoms with Gasteiger partial charge in [0.05, 0.1) is 5.69 Å². The zero-order valence-corrected chi connectivity index (χ0v) is 24.4. The Morgan fingerprint density at radius 1 is 0.721 bits per heavy atom. The third kappa shape index (κ3) is 6.05. The van der Waals surface area contributed by atoms with E-state index in [1.54, 1.807) is 24.3 Å². The van der Waals surface area contributed by atoms with Crippen molar-refractivity contribution in [3.05, 3.63) is 142 Å². The number of barbiturate groups is 1. The molecule has 0 bridgehead atoms. The molecular formula is C35H25BrN2O5. The van der Waals surface area contributed by atoms with Crippen molar-refractivity contribution in [2.24, 2.45) is 0 Å². The van der Waals surface area contributed by atoms with E-state index in [1.165, 1.54) is 6.08 Å². The summed E-state index contributed by atoms with van der Waals surface area (Å²) in [6.07, 6.45) is 1.49. The van der Waals surface area contributed by atoms with Crippen LogP contribution in [0.15, 0.2) is 125 Å². The van der Waals surface area contributed by atoms with Gasteiger partial charge in [0.1, 0.15) is 30.3 Å². The molecule has 0 atom stereocenters. The number of nitrogens with zero attached hydrogens (tertiary/aromatic N) is 1. The average Bonchev–Trinajstić information content (AvgIpc) is 3.03. The van der Waals surface area contributed by atoms with E-state index in [9.17, 15) is 14.4 Å². The lowest BCUT2D eigenvalue weighted by Crippen LogP contribution is -2.54. The molecule has 8 heteroatoms. The number of ether oxygens (including phenoxy) is 2. The van der Waals surface area contributed by atoms with E-state index >= 15 is 0 Å². The van der Waals surface area contributed by atoms with Gasteiger partial charge in [0.2, 0.25) is 0 Å². The van der Waals surface area contributed by atoms with Crippen molar-refractivity contribution < 1.29 is 23.9 Å². The Bertz CT molecular complexity index is 1870. The molecule has 43 heavy (non-hydrogen) atoms. The minimum Gasteiger partial charge on any atom is -0.489 e. The van der Waals surface area contributed by atoms with Gasteiger partial charge in [-0.15, -0.1) is 0 Å². The van der Waals surface area contributed by atoms with Crippen molar-refractivity contribution in [1.29, 1.82) is 0 Å². The minimum absolute atomic E-state index is 0.189. The average molecular weight is 633 g/mol. The van der Waals surface area contributed by atoms with Crippen LogP contribution in [0, 0.1) is 0 Å². The maximum absolute atomic E-state index is 13.7. The van der Waals surface area contributed by atoms with Crippen LogP contribution < -0.4 is 19.7 Å². The zero-order chi connectivity index (χ0) is 29.8. The largest absolute Gasteiger partial charge is 0.489 e. The summed E-state index contributed by atoms with van der Waals surface area (Å²) >= 11 is 3.55. The summed E-state index contributed by atoms with van der Waals surface area (Å²) in [6.45, 7) is 0.640. The second kappa shape index (κ2) is 12.3. The Labute approximate surface area is 256 Å². The van der Waals surface area contributed by atoms with Crippen LogP contribution in [-0.4, -0.2) is 17.8 Å². The highest BCUT2D eigenvalue weighted by Crippen LogP contribution is 2.33. The van der Waals surface area contributed by atoms with Crippen molar-refractivity contribution in [2.45, 2.75) is 13.2 Å². The van der Waals surface area contributed by atoms with Crippen LogP contribution in [0.4, 0.5) is 10.5 Å². The van der Waals surface area contributed by atoms with Gasteiger partial charge >= 0.3 is 6.03 Å². The van der Waals surface area contributed by atoms with Gasteiger partial charge in [0.25, 0.3) is 11.8 Å². The minimum atomic E-state index is -0.826. The fraction of sp³-hybridized carbons (Fsp3) is 0.0571. The van der Waals surface area contributed by atoms with Gasteiger partial charge in [-0.1, -0.05) is 94.8 Å². The second-order valence-corrected chi connectivity index (χ2v) is 10.7. The predicted octanol–water partition coefficient (Wildman–Crippen LogP) is 7.43. The molecule has 0 radical (unpaired) electrons. The first-order chi connectivity index (χ1) is 21.0. The maximum atomic E-state index is 13.7. The first-order valence-corrected chi connectivity index (χ1v) is 14.3. The molecule has 0 unspecified atom stereocenters. The Hall–Kier alpha value is -5.21. The highest BCUT2D eigenvalue weighted by atomic mass is 79.9. The number of halogens is 1. The zero-order valence-electron chi connectivity index (χ0n) is 22.8. The van der Waals surface area contributed by atoms with Crippen LogP contribution in [0.1, 0.15) is 16.7 Å². The number of carbonyl (C=O) groups is 3. The van der Waals surface area contributed by atoms with Gasteiger partial charge in [-0.25, -0.2) is 9.69 Å². The van der Waals surface area contributed by atoms with E-state index in [-0.39, 0.29) is 12.2 Å². The van der Waals surface area contributed by atoms with Crippen molar-refractivity contribution in [3.63, 3.8) is 0 Å². The molecule has 1 saturated heterocycles. The summed E-state index contributed by atoms with van der Waals surface area (Å²) in [6, 6.07) is 34.6. The number of nitrogens with one attached hydrogen (secondary N) is 1. The number of rotatable bonds is 8. The number of fused-ring (bicyclic) bond motifs is 1. The molecule has 1 aliphatic heterocycles. The lowest BCUT2D eigenvalue weighted by molar-refractivity contribution is -0.122.